The molecule has 0 aliphatic rings. The predicted octanol–water partition coefficient (Wildman–Crippen LogP) is 8.25. The van der Waals surface area contributed by atoms with Crippen molar-refractivity contribution in [2.75, 3.05) is 0 Å². The van der Waals surface area contributed by atoms with Gasteiger partial charge in [0.15, 0.2) is 0 Å². The molecule has 0 aromatic heterocycles. The Labute approximate surface area is 250 Å². The van der Waals surface area contributed by atoms with E-state index in [1.54, 1.807) is 0 Å². The first kappa shape index (κ1) is 27.8. The standard InChI is InChI=1S/C40H36P2/c1-3-41(35-23-11-5-12-24-35,36-25-13-6-14-26-36,37-27-15-7-16-28-37)42(4-2,38-29-17-8-18-30-38,39-31-19-9-20-32-39)40-33-21-10-22-34-40/h3-34H,1-2H2. The van der Waals surface area contributed by atoms with Crippen LogP contribution in [0.25, 0.3) is 0 Å². The molecule has 0 bridgehead atoms. The molecule has 0 aliphatic heterocycles. The maximum absolute atomic E-state index is 4.91. The van der Waals surface area contributed by atoms with E-state index in [4.69, 9.17) is 13.2 Å². The molecule has 0 amide bonds. The summed E-state index contributed by atoms with van der Waals surface area (Å²) in [5.74, 6) is 4.75. The average molecular weight is 579 g/mol. The Morgan fingerprint density at radius 3 is 0.524 bits per heavy atom. The topological polar surface area (TPSA) is 0 Å². The van der Waals surface area contributed by atoms with Crippen LogP contribution in [0, 0.1) is 0 Å². The van der Waals surface area contributed by atoms with Crippen molar-refractivity contribution in [3.05, 3.63) is 207 Å². The molecule has 0 aliphatic carbocycles. The van der Waals surface area contributed by atoms with Crippen LogP contribution in [-0.2, 0) is 0 Å². The molecule has 0 saturated carbocycles. The zero-order valence-corrected chi connectivity index (χ0v) is 25.6. The third-order valence-electron chi connectivity index (χ3n) is 9.25. The Morgan fingerprint density at radius 2 is 0.405 bits per heavy atom. The molecule has 206 valence electrons. The Bertz CT molecular complexity index is 1460. The van der Waals surface area contributed by atoms with Gasteiger partial charge < -0.3 is 0 Å². The second-order valence-electron chi connectivity index (χ2n) is 10.7. The number of benzene rings is 6. The molecule has 0 radical (unpaired) electrons. The normalized spacial score (nSPS) is 13.5. The maximum atomic E-state index is 4.91. The summed E-state index contributed by atoms with van der Waals surface area (Å²) < 4.78 is 0. The molecule has 6 aromatic carbocycles. The fraction of sp³-hybridized carbons (Fsp3) is 0. The first-order chi connectivity index (χ1) is 20.7. The molecule has 0 nitrogen and oxygen atoms in total. The van der Waals surface area contributed by atoms with Gasteiger partial charge in [-0.1, -0.05) is 0 Å². The molecule has 0 spiro atoms. The van der Waals surface area contributed by atoms with E-state index < -0.39 is 12.6 Å². The molecule has 2 heteroatoms. The molecule has 0 heterocycles. The second kappa shape index (κ2) is 10.8. The zero-order valence-electron chi connectivity index (χ0n) is 23.8. The van der Waals surface area contributed by atoms with Gasteiger partial charge in [-0.15, -0.1) is 0 Å². The minimum atomic E-state index is -3.88. The van der Waals surface area contributed by atoms with E-state index in [1.807, 2.05) is 0 Å². The minimum absolute atomic E-state index is 1.27. The summed E-state index contributed by atoms with van der Waals surface area (Å²) in [6, 6.07) is 66.9. The SMILES string of the molecule is C=CP(c1ccccc1)(c1ccccc1)(c1ccccc1)P(C=C)(c1ccccc1)(c1ccccc1)c1ccccc1. The van der Waals surface area contributed by atoms with Crippen LogP contribution in [0.15, 0.2) is 207 Å². The average Bonchev–Trinajstić information content (AvgIpc) is 3.10. The molecule has 0 fully saturated rings. The monoisotopic (exact) mass is 578 g/mol. The Morgan fingerprint density at radius 1 is 0.262 bits per heavy atom. The molecular formula is C40H36P2. The predicted molar refractivity (Wildman–Crippen MR) is 191 cm³/mol. The molecule has 0 atom stereocenters. The van der Waals surface area contributed by atoms with Crippen molar-refractivity contribution in [3.8, 4) is 0 Å². The van der Waals surface area contributed by atoms with E-state index >= 15 is 0 Å². The van der Waals surface area contributed by atoms with E-state index in [-0.39, 0.29) is 0 Å². The molecule has 0 unspecified atom stereocenters. The third-order valence-corrected chi connectivity index (χ3v) is 30.8. The van der Waals surface area contributed by atoms with E-state index in [0.717, 1.165) is 0 Å². The van der Waals surface area contributed by atoms with Gasteiger partial charge in [-0.05, 0) is 0 Å². The molecular weight excluding hydrogens is 542 g/mol. The fourth-order valence-electron chi connectivity index (χ4n) is 7.68. The summed E-state index contributed by atoms with van der Waals surface area (Å²) >= 11 is 0. The Kier molecular flexibility index (Phi) is 7.16. The van der Waals surface area contributed by atoms with Crippen molar-refractivity contribution in [2.45, 2.75) is 0 Å². The van der Waals surface area contributed by atoms with Gasteiger partial charge in [-0.2, -0.15) is 0 Å². The Hall–Kier alpha value is -4.34. The number of hydrogen-bond donors (Lipinski definition) is 0. The summed E-state index contributed by atoms with van der Waals surface area (Å²) in [5, 5.41) is 7.61. The second-order valence-corrected chi connectivity index (χ2v) is 24.0. The van der Waals surface area contributed by atoms with Gasteiger partial charge in [0.2, 0.25) is 0 Å². The van der Waals surface area contributed by atoms with Gasteiger partial charge in [0.25, 0.3) is 0 Å². The Balaban J connectivity index is 2.14. The van der Waals surface area contributed by atoms with Crippen LogP contribution in [-0.4, -0.2) is 0 Å². The summed E-state index contributed by atoms with van der Waals surface area (Å²) in [6.07, 6.45) is -7.77. The van der Waals surface area contributed by atoms with Gasteiger partial charge in [0, 0.05) is 0 Å². The van der Waals surface area contributed by atoms with Crippen LogP contribution < -0.4 is 31.8 Å². The molecule has 0 saturated heterocycles. The summed E-state index contributed by atoms with van der Waals surface area (Å²) in [7, 11) is 0. The summed E-state index contributed by atoms with van der Waals surface area (Å²) in [6.45, 7) is 9.83. The summed E-state index contributed by atoms with van der Waals surface area (Å²) in [5.41, 5.74) is 0. The fourth-order valence-corrected chi connectivity index (χ4v) is 32.0. The first-order valence-electron chi connectivity index (χ1n) is 14.3. The molecule has 0 N–H and O–H groups in total. The van der Waals surface area contributed by atoms with E-state index in [9.17, 15) is 0 Å². The first-order valence-corrected chi connectivity index (χ1v) is 19.7. The zero-order chi connectivity index (χ0) is 29.0. The van der Waals surface area contributed by atoms with Gasteiger partial charge in [0.1, 0.15) is 0 Å². The van der Waals surface area contributed by atoms with E-state index in [2.05, 4.69) is 194 Å². The molecule has 6 rings (SSSR count). The van der Waals surface area contributed by atoms with E-state index in [1.165, 1.54) is 31.8 Å². The number of hydrogen-bond acceptors (Lipinski definition) is 0. The quantitative estimate of drug-likeness (QED) is 0.152. The van der Waals surface area contributed by atoms with Crippen molar-refractivity contribution in [1.82, 2.24) is 0 Å². The van der Waals surface area contributed by atoms with E-state index in [0.29, 0.717) is 0 Å². The summed E-state index contributed by atoms with van der Waals surface area (Å²) in [4.78, 5) is 0. The van der Waals surface area contributed by atoms with Crippen LogP contribution in [0.3, 0.4) is 0 Å². The number of rotatable bonds is 9. The van der Waals surface area contributed by atoms with Crippen molar-refractivity contribution in [2.24, 2.45) is 0 Å². The molecule has 6 aromatic rings. The van der Waals surface area contributed by atoms with Crippen LogP contribution >= 0.6 is 12.6 Å². The van der Waals surface area contributed by atoms with Gasteiger partial charge in [0.05, 0.1) is 0 Å². The van der Waals surface area contributed by atoms with Crippen LogP contribution in [0.5, 0.6) is 0 Å². The van der Waals surface area contributed by atoms with Crippen LogP contribution in [0.4, 0.5) is 0 Å². The van der Waals surface area contributed by atoms with Gasteiger partial charge in [-0.25, -0.2) is 0 Å². The van der Waals surface area contributed by atoms with Crippen LogP contribution in [0.1, 0.15) is 0 Å². The third kappa shape index (κ3) is 3.20. The van der Waals surface area contributed by atoms with Crippen molar-refractivity contribution < 1.29 is 0 Å². The van der Waals surface area contributed by atoms with Crippen molar-refractivity contribution in [3.63, 3.8) is 0 Å². The van der Waals surface area contributed by atoms with Gasteiger partial charge >= 0.3 is 251 Å². The van der Waals surface area contributed by atoms with Crippen molar-refractivity contribution >= 4 is 44.4 Å². The van der Waals surface area contributed by atoms with Crippen molar-refractivity contribution in [1.29, 1.82) is 0 Å². The van der Waals surface area contributed by atoms with Gasteiger partial charge in [-0.3, -0.25) is 0 Å². The van der Waals surface area contributed by atoms with Crippen LogP contribution in [0.2, 0.25) is 0 Å². The molecule has 42 heavy (non-hydrogen) atoms.